The third-order valence-corrected chi connectivity index (χ3v) is 5.84. The Balaban J connectivity index is 1.42. The van der Waals surface area contributed by atoms with Gasteiger partial charge in [0.2, 0.25) is 5.91 Å². The van der Waals surface area contributed by atoms with Crippen LogP contribution in [-0.2, 0) is 11.2 Å². The second-order valence-corrected chi connectivity index (χ2v) is 7.93. The standard InChI is InChI=1S/C19H29N7O/c1-15-7-9-25(10-8-15)19(27)6-5-17-21-20-16-3-4-18(22-26(16)17)24-13-11-23(2)12-14-24/h3-4,15H,5-14H2,1-2H3. The number of carbonyl (C=O) groups excluding carboxylic acids is 1. The van der Waals surface area contributed by atoms with Gasteiger partial charge in [0.1, 0.15) is 5.82 Å². The molecule has 0 spiro atoms. The lowest BCUT2D eigenvalue weighted by atomic mass is 9.99. The van der Waals surface area contributed by atoms with Gasteiger partial charge in [-0.3, -0.25) is 4.79 Å². The highest BCUT2D eigenvalue weighted by Gasteiger charge is 2.21. The van der Waals surface area contributed by atoms with Crippen LogP contribution in [0, 0.1) is 5.92 Å². The van der Waals surface area contributed by atoms with Crippen LogP contribution in [0.1, 0.15) is 32.0 Å². The van der Waals surface area contributed by atoms with E-state index in [1.807, 2.05) is 17.0 Å². The van der Waals surface area contributed by atoms with E-state index in [9.17, 15) is 4.79 Å². The average Bonchev–Trinajstić information content (AvgIpc) is 3.09. The Labute approximate surface area is 160 Å². The van der Waals surface area contributed by atoms with Gasteiger partial charge in [0, 0.05) is 52.1 Å². The van der Waals surface area contributed by atoms with E-state index in [0.29, 0.717) is 12.8 Å². The normalized spacial score (nSPS) is 19.8. The zero-order valence-corrected chi connectivity index (χ0v) is 16.3. The van der Waals surface area contributed by atoms with Crippen molar-refractivity contribution in [3.63, 3.8) is 0 Å². The van der Waals surface area contributed by atoms with Crippen molar-refractivity contribution in [1.29, 1.82) is 0 Å². The summed E-state index contributed by atoms with van der Waals surface area (Å²) in [7, 11) is 2.14. The number of anilines is 1. The summed E-state index contributed by atoms with van der Waals surface area (Å²) in [6.45, 7) is 8.04. The molecule has 2 aliphatic rings. The summed E-state index contributed by atoms with van der Waals surface area (Å²) in [4.78, 5) is 19.1. The molecule has 2 aromatic heterocycles. The van der Waals surface area contributed by atoms with Crippen LogP contribution >= 0.6 is 0 Å². The van der Waals surface area contributed by atoms with Crippen molar-refractivity contribution in [1.82, 2.24) is 29.6 Å². The molecular weight excluding hydrogens is 342 g/mol. The Hall–Kier alpha value is -2.22. The molecule has 2 aliphatic heterocycles. The molecule has 0 saturated carbocycles. The van der Waals surface area contributed by atoms with Crippen LogP contribution in [0.15, 0.2) is 12.1 Å². The highest BCUT2D eigenvalue weighted by Crippen LogP contribution is 2.18. The summed E-state index contributed by atoms with van der Waals surface area (Å²) < 4.78 is 1.80. The number of hydrogen-bond acceptors (Lipinski definition) is 6. The summed E-state index contributed by atoms with van der Waals surface area (Å²) in [6.07, 6.45) is 3.26. The van der Waals surface area contributed by atoms with E-state index in [2.05, 4.69) is 34.0 Å². The fourth-order valence-corrected chi connectivity index (χ4v) is 3.82. The summed E-state index contributed by atoms with van der Waals surface area (Å²) in [5, 5.41) is 13.3. The van der Waals surface area contributed by atoms with Gasteiger partial charge in [-0.25, -0.2) is 0 Å². The van der Waals surface area contributed by atoms with Crippen molar-refractivity contribution in [2.24, 2.45) is 5.92 Å². The van der Waals surface area contributed by atoms with Gasteiger partial charge in [0.05, 0.1) is 0 Å². The molecule has 0 unspecified atom stereocenters. The van der Waals surface area contributed by atoms with Gasteiger partial charge in [-0.2, -0.15) is 4.52 Å². The molecule has 0 aromatic carbocycles. The summed E-state index contributed by atoms with van der Waals surface area (Å²) in [5.41, 5.74) is 0.738. The van der Waals surface area contributed by atoms with E-state index in [0.717, 1.165) is 75.3 Å². The Morgan fingerprint density at radius 3 is 2.56 bits per heavy atom. The van der Waals surface area contributed by atoms with Crippen LogP contribution in [0.25, 0.3) is 5.65 Å². The smallest absolute Gasteiger partial charge is 0.223 e. The first-order valence-electron chi connectivity index (χ1n) is 10.0. The highest BCUT2D eigenvalue weighted by molar-refractivity contribution is 5.76. The maximum atomic E-state index is 12.5. The van der Waals surface area contributed by atoms with E-state index < -0.39 is 0 Å². The number of rotatable bonds is 4. The van der Waals surface area contributed by atoms with Crippen molar-refractivity contribution in [2.75, 3.05) is 51.2 Å². The highest BCUT2D eigenvalue weighted by atomic mass is 16.2. The number of hydrogen-bond donors (Lipinski definition) is 0. The first-order valence-corrected chi connectivity index (χ1v) is 10.0. The zero-order chi connectivity index (χ0) is 18.8. The predicted molar refractivity (Wildman–Crippen MR) is 104 cm³/mol. The van der Waals surface area contributed by atoms with E-state index in [1.54, 1.807) is 4.52 Å². The molecule has 8 nitrogen and oxygen atoms in total. The summed E-state index contributed by atoms with van der Waals surface area (Å²) in [6, 6.07) is 3.98. The van der Waals surface area contributed by atoms with Crippen LogP contribution in [-0.4, -0.2) is 81.8 Å². The molecule has 0 radical (unpaired) electrons. The third-order valence-electron chi connectivity index (χ3n) is 5.84. The Kier molecular flexibility index (Phi) is 5.24. The molecule has 0 N–H and O–H groups in total. The molecule has 2 aromatic rings. The maximum absolute atomic E-state index is 12.5. The number of fused-ring (bicyclic) bond motifs is 1. The molecule has 2 fully saturated rings. The number of nitrogens with zero attached hydrogens (tertiary/aromatic N) is 7. The molecule has 0 aliphatic carbocycles. The largest absolute Gasteiger partial charge is 0.353 e. The molecule has 4 rings (SSSR count). The monoisotopic (exact) mass is 371 g/mol. The number of likely N-dealkylation sites (N-methyl/N-ethyl adjacent to an activating group) is 1. The number of piperidine rings is 1. The molecule has 0 bridgehead atoms. The summed E-state index contributed by atoms with van der Waals surface area (Å²) >= 11 is 0. The van der Waals surface area contributed by atoms with E-state index in [4.69, 9.17) is 5.10 Å². The van der Waals surface area contributed by atoms with Crippen molar-refractivity contribution in [2.45, 2.75) is 32.6 Å². The van der Waals surface area contributed by atoms with Crippen LogP contribution in [0.5, 0.6) is 0 Å². The Bertz CT molecular complexity index is 788. The van der Waals surface area contributed by atoms with Gasteiger partial charge in [-0.15, -0.1) is 15.3 Å². The van der Waals surface area contributed by atoms with Crippen LogP contribution < -0.4 is 4.90 Å². The number of amides is 1. The minimum atomic E-state index is 0.217. The van der Waals surface area contributed by atoms with E-state index >= 15 is 0 Å². The van der Waals surface area contributed by atoms with Crippen molar-refractivity contribution in [3.8, 4) is 0 Å². The van der Waals surface area contributed by atoms with Gasteiger partial charge in [-0.1, -0.05) is 6.92 Å². The third kappa shape index (κ3) is 4.05. The molecule has 0 atom stereocenters. The van der Waals surface area contributed by atoms with Crippen molar-refractivity contribution in [3.05, 3.63) is 18.0 Å². The lowest BCUT2D eigenvalue weighted by molar-refractivity contribution is -0.132. The van der Waals surface area contributed by atoms with Crippen LogP contribution in [0.3, 0.4) is 0 Å². The second kappa shape index (κ2) is 7.80. The van der Waals surface area contributed by atoms with Crippen LogP contribution in [0.2, 0.25) is 0 Å². The van der Waals surface area contributed by atoms with Gasteiger partial charge in [0.15, 0.2) is 11.5 Å². The van der Waals surface area contributed by atoms with E-state index in [1.165, 1.54) is 0 Å². The molecule has 27 heavy (non-hydrogen) atoms. The maximum Gasteiger partial charge on any atom is 0.223 e. The number of aryl methyl sites for hydroxylation is 1. The number of carbonyl (C=O) groups is 1. The quantitative estimate of drug-likeness (QED) is 0.801. The van der Waals surface area contributed by atoms with Gasteiger partial charge in [0.25, 0.3) is 0 Å². The van der Waals surface area contributed by atoms with Gasteiger partial charge in [-0.05, 0) is 37.9 Å². The lowest BCUT2D eigenvalue weighted by Crippen LogP contribution is -2.45. The fraction of sp³-hybridized carbons (Fsp3) is 0.684. The predicted octanol–water partition coefficient (Wildman–Crippen LogP) is 1.07. The molecular formula is C19H29N7O. The molecule has 146 valence electrons. The first-order chi connectivity index (χ1) is 13.1. The number of piperazine rings is 1. The molecule has 4 heterocycles. The molecule has 8 heteroatoms. The Morgan fingerprint density at radius 1 is 1.07 bits per heavy atom. The average molecular weight is 371 g/mol. The van der Waals surface area contributed by atoms with Gasteiger partial charge < -0.3 is 14.7 Å². The Morgan fingerprint density at radius 2 is 1.81 bits per heavy atom. The van der Waals surface area contributed by atoms with Crippen molar-refractivity contribution < 1.29 is 4.79 Å². The first kappa shape index (κ1) is 18.2. The van der Waals surface area contributed by atoms with Crippen molar-refractivity contribution >= 4 is 17.4 Å². The molecule has 1 amide bonds. The molecule has 2 saturated heterocycles. The van der Waals surface area contributed by atoms with E-state index in [-0.39, 0.29) is 5.91 Å². The topological polar surface area (TPSA) is 69.9 Å². The fourth-order valence-electron chi connectivity index (χ4n) is 3.82. The van der Waals surface area contributed by atoms with Crippen LogP contribution in [0.4, 0.5) is 5.82 Å². The lowest BCUT2D eigenvalue weighted by Gasteiger charge is -2.33. The minimum absolute atomic E-state index is 0.217. The SMILES string of the molecule is CC1CCN(C(=O)CCc2nnc3ccc(N4CCN(C)CC4)nn23)CC1. The second-order valence-electron chi connectivity index (χ2n) is 7.93. The zero-order valence-electron chi connectivity index (χ0n) is 16.3. The minimum Gasteiger partial charge on any atom is -0.353 e. The summed E-state index contributed by atoms with van der Waals surface area (Å²) in [5.74, 6) is 2.66. The number of aromatic nitrogens is 4. The number of likely N-dealkylation sites (tertiary alicyclic amines) is 1. The van der Waals surface area contributed by atoms with Gasteiger partial charge >= 0.3 is 0 Å².